The lowest BCUT2D eigenvalue weighted by Crippen LogP contribution is -2.13. The zero-order valence-electron chi connectivity index (χ0n) is 8.94. The van der Waals surface area contributed by atoms with Crippen LogP contribution in [-0.4, -0.2) is 17.3 Å². The average Bonchev–Trinajstić information content (AvgIpc) is 2.25. The molecule has 1 atom stereocenters. The van der Waals surface area contributed by atoms with E-state index < -0.39 is 12.0 Å². The molecule has 1 aromatic rings. The van der Waals surface area contributed by atoms with Gasteiger partial charge in [-0.05, 0) is 24.3 Å². The second-order valence-electron chi connectivity index (χ2n) is 3.40. The Bertz CT molecular complexity index is 384. The normalized spacial score (nSPS) is 12.4. The van der Waals surface area contributed by atoms with E-state index in [1.807, 2.05) is 0 Å². The maximum atomic E-state index is 13.4. The van der Waals surface area contributed by atoms with E-state index in [9.17, 15) is 9.18 Å². The molecule has 0 aromatic heterocycles. The number of aliphatic carboxylic acids is 1. The molecule has 0 aliphatic carbocycles. The third kappa shape index (κ3) is 3.21. The second kappa shape index (κ2) is 5.86. The Balaban J connectivity index is 2.85. The maximum absolute atomic E-state index is 13.4. The summed E-state index contributed by atoms with van der Waals surface area (Å²) < 4.78 is 13.4. The van der Waals surface area contributed by atoms with E-state index >= 15 is 0 Å². The van der Waals surface area contributed by atoms with Crippen molar-refractivity contribution in [3.63, 3.8) is 0 Å². The van der Waals surface area contributed by atoms with Crippen molar-refractivity contribution in [2.75, 3.05) is 6.26 Å². The molecule has 16 heavy (non-hydrogen) atoms. The zero-order chi connectivity index (χ0) is 12.1. The Morgan fingerprint density at radius 3 is 2.88 bits per heavy atom. The van der Waals surface area contributed by atoms with E-state index in [1.165, 1.54) is 17.8 Å². The molecule has 0 saturated heterocycles. The summed E-state index contributed by atoms with van der Waals surface area (Å²) in [4.78, 5) is 10.9. The highest BCUT2D eigenvalue weighted by atomic mass is 32.2. The SMILES string of the molecule is CSc1c(F)cccc1C(N)CCC(=O)O. The van der Waals surface area contributed by atoms with Crippen molar-refractivity contribution >= 4 is 17.7 Å². The van der Waals surface area contributed by atoms with Gasteiger partial charge in [-0.15, -0.1) is 11.8 Å². The molecule has 0 saturated carbocycles. The van der Waals surface area contributed by atoms with Crippen molar-refractivity contribution in [1.29, 1.82) is 0 Å². The van der Waals surface area contributed by atoms with E-state index in [4.69, 9.17) is 10.8 Å². The van der Waals surface area contributed by atoms with Crippen LogP contribution in [0.2, 0.25) is 0 Å². The summed E-state index contributed by atoms with van der Waals surface area (Å²) in [5.74, 6) is -1.20. The minimum Gasteiger partial charge on any atom is -0.481 e. The summed E-state index contributed by atoms with van der Waals surface area (Å²) in [5.41, 5.74) is 6.52. The Hall–Kier alpha value is -1.07. The number of nitrogens with two attached hydrogens (primary N) is 1. The number of hydrogen-bond donors (Lipinski definition) is 2. The second-order valence-corrected chi connectivity index (χ2v) is 4.22. The number of carboxylic acids is 1. The summed E-state index contributed by atoms with van der Waals surface area (Å²) in [7, 11) is 0. The van der Waals surface area contributed by atoms with Gasteiger partial charge in [-0.3, -0.25) is 4.79 Å². The average molecular weight is 243 g/mol. The highest BCUT2D eigenvalue weighted by Gasteiger charge is 2.14. The molecule has 5 heteroatoms. The number of carboxylic acid groups (broad SMARTS) is 1. The molecule has 3 N–H and O–H groups in total. The van der Waals surface area contributed by atoms with Gasteiger partial charge in [0, 0.05) is 17.4 Å². The number of carbonyl (C=O) groups is 1. The lowest BCUT2D eigenvalue weighted by Gasteiger charge is -2.14. The lowest BCUT2D eigenvalue weighted by molar-refractivity contribution is -0.137. The van der Waals surface area contributed by atoms with Gasteiger partial charge in [-0.1, -0.05) is 12.1 Å². The molecule has 0 bridgehead atoms. The molecular formula is C11H14FNO2S. The topological polar surface area (TPSA) is 63.3 Å². The number of thioether (sulfide) groups is 1. The van der Waals surface area contributed by atoms with Crippen LogP contribution in [0, 0.1) is 5.82 Å². The van der Waals surface area contributed by atoms with Gasteiger partial charge in [0.2, 0.25) is 0 Å². The first-order valence-corrected chi connectivity index (χ1v) is 6.08. The van der Waals surface area contributed by atoms with Crippen molar-refractivity contribution < 1.29 is 14.3 Å². The molecule has 0 radical (unpaired) electrons. The van der Waals surface area contributed by atoms with Gasteiger partial charge in [-0.2, -0.15) is 0 Å². The monoisotopic (exact) mass is 243 g/mol. The van der Waals surface area contributed by atoms with Crippen molar-refractivity contribution in [1.82, 2.24) is 0 Å². The van der Waals surface area contributed by atoms with Crippen LogP contribution in [0.3, 0.4) is 0 Å². The highest BCUT2D eigenvalue weighted by Crippen LogP contribution is 2.29. The number of rotatable bonds is 5. The Labute approximate surface area is 97.8 Å². The third-order valence-electron chi connectivity index (χ3n) is 2.27. The molecule has 1 rings (SSSR count). The molecule has 1 aromatic carbocycles. The predicted molar refractivity (Wildman–Crippen MR) is 62.0 cm³/mol. The van der Waals surface area contributed by atoms with Gasteiger partial charge in [-0.25, -0.2) is 4.39 Å². The van der Waals surface area contributed by atoms with Crippen LogP contribution >= 0.6 is 11.8 Å². The Morgan fingerprint density at radius 2 is 2.31 bits per heavy atom. The first-order valence-electron chi connectivity index (χ1n) is 4.86. The minimum atomic E-state index is -0.891. The first-order chi connectivity index (χ1) is 7.56. The van der Waals surface area contributed by atoms with Crippen LogP contribution in [-0.2, 0) is 4.79 Å². The van der Waals surface area contributed by atoms with E-state index in [0.29, 0.717) is 16.9 Å². The molecule has 0 fully saturated rings. The van der Waals surface area contributed by atoms with Crippen LogP contribution in [0.5, 0.6) is 0 Å². The molecule has 0 amide bonds. The minimum absolute atomic E-state index is 0.00843. The van der Waals surface area contributed by atoms with Gasteiger partial charge < -0.3 is 10.8 Å². The zero-order valence-corrected chi connectivity index (χ0v) is 9.76. The molecular weight excluding hydrogens is 229 g/mol. The van der Waals surface area contributed by atoms with Gasteiger partial charge >= 0.3 is 5.97 Å². The maximum Gasteiger partial charge on any atom is 0.303 e. The summed E-state index contributed by atoms with van der Waals surface area (Å²) in [6.45, 7) is 0. The van der Waals surface area contributed by atoms with Gasteiger partial charge in [0.05, 0.1) is 0 Å². The van der Waals surface area contributed by atoms with Gasteiger partial charge in [0.15, 0.2) is 0 Å². The van der Waals surface area contributed by atoms with Crippen molar-refractivity contribution in [2.45, 2.75) is 23.8 Å². The van der Waals surface area contributed by atoms with Crippen molar-refractivity contribution in [3.05, 3.63) is 29.6 Å². The van der Waals surface area contributed by atoms with E-state index in [0.717, 1.165) is 0 Å². The smallest absolute Gasteiger partial charge is 0.303 e. The predicted octanol–water partition coefficient (Wildman–Crippen LogP) is 2.41. The van der Waals surface area contributed by atoms with Crippen LogP contribution in [0.4, 0.5) is 4.39 Å². The van der Waals surface area contributed by atoms with Gasteiger partial charge in [0.25, 0.3) is 0 Å². The summed E-state index contributed by atoms with van der Waals surface area (Å²) >= 11 is 1.28. The quantitative estimate of drug-likeness (QED) is 0.779. The standard InChI is InChI=1S/C11H14FNO2S/c1-16-11-7(3-2-4-8(11)12)9(13)5-6-10(14)15/h2-4,9H,5-6,13H2,1H3,(H,14,15). The van der Waals surface area contributed by atoms with Crippen molar-refractivity contribution in [2.24, 2.45) is 5.73 Å². The van der Waals surface area contributed by atoms with Gasteiger partial charge in [0.1, 0.15) is 5.82 Å². The molecule has 0 heterocycles. The molecule has 1 unspecified atom stereocenters. The van der Waals surface area contributed by atoms with E-state index in [-0.39, 0.29) is 12.2 Å². The largest absolute Gasteiger partial charge is 0.481 e. The fraction of sp³-hybridized carbons (Fsp3) is 0.364. The van der Waals surface area contributed by atoms with E-state index in [2.05, 4.69) is 0 Å². The highest BCUT2D eigenvalue weighted by molar-refractivity contribution is 7.98. The number of benzene rings is 1. The van der Waals surface area contributed by atoms with Crippen LogP contribution in [0.15, 0.2) is 23.1 Å². The summed E-state index contributed by atoms with van der Waals surface area (Å²) in [5, 5.41) is 8.56. The fourth-order valence-electron chi connectivity index (χ4n) is 1.47. The van der Waals surface area contributed by atoms with E-state index in [1.54, 1.807) is 18.4 Å². The summed E-state index contributed by atoms with van der Waals surface area (Å²) in [6, 6.07) is 4.26. The summed E-state index contributed by atoms with van der Waals surface area (Å²) in [6.07, 6.45) is 2.07. The van der Waals surface area contributed by atoms with Crippen LogP contribution in [0.1, 0.15) is 24.4 Å². The van der Waals surface area contributed by atoms with Crippen LogP contribution < -0.4 is 5.73 Å². The molecule has 0 aliphatic heterocycles. The first kappa shape index (κ1) is 13.0. The lowest BCUT2D eigenvalue weighted by atomic mass is 10.0. The van der Waals surface area contributed by atoms with Crippen molar-refractivity contribution in [3.8, 4) is 0 Å². The Kier molecular flexibility index (Phi) is 4.76. The molecule has 88 valence electrons. The van der Waals surface area contributed by atoms with Crippen LogP contribution in [0.25, 0.3) is 0 Å². The molecule has 0 aliphatic rings. The number of halogens is 1. The fourth-order valence-corrected chi connectivity index (χ4v) is 2.19. The molecule has 3 nitrogen and oxygen atoms in total. The number of hydrogen-bond acceptors (Lipinski definition) is 3. The Morgan fingerprint density at radius 1 is 1.62 bits per heavy atom. The third-order valence-corrected chi connectivity index (χ3v) is 3.11. The molecule has 0 spiro atoms.